The summed E-state index contributed by atoms with van der Waals surface area (Å²) in [6.07, 6.45) is 1.80. The Morgan fingerprint density at radius 1 is 1.83 bits per heavy atom. The smallest absolute Gasteiger partial charge is 0.0670 e. The minimum Gasteiger partial charge on any atom is -0.389 e. The van der Waals surface area contributed by atoms with Crippen LogP contribution in [-0.2, 0) is 4.74 Å². The normalized spacial score (nSPS) is 11.0. The van der Waals surface area contributed by atoms with Gasteiger partial charge in [-0.3, -0.25) is 0 Å². The summed E-state index contributed by atoms with van der Waals surface area (Å²) in [4.78, 5) is 0. The van der Waals surface area contributed by atoms with Crippen molar-refractivity contribution < 1.29 is 4.74 Å². The molecule has 0 radical (unpaired) electrons. The summed E-state index contributed by atoms with van der Waals surface area (Å²) in [7, 11) is 1.69. The Morgan fingerprint density at radius 2 is 2.50 bits per heavy atom. The van der Waals surface area contributed by atoms with Gasteiger partial charge >= 0.3 is 0 Å². The molecule has 0 unspecified atom stereocenters. The highest BCUT2D eigenvalue weighted by Gasteiger charge is 1.76. The largest absolute Gasteiger partial charge is 0.389 e. The lowest BCUT2D eigenvalue weighted by Gasteiger charge is -1.88. The first-order valence-corrected chi connectivity index (χ1v) is 4.11. The molecule has 0 aromatic carbocycles. The third-order valence-corrected chi connectivity index (χ3v) is 1.66. The summed E-state index contributed by atoms with van der Waals surface area (Å²) in [5.41, 5.74) is 5.20. The van der Waals surface area contributed by atoms with Crippen molar-refractivity contribution in [3.8, 4) is 0 Å². The Hall–Kier alpha value is 0.137. The number of hydrogen-bond acceptors (Lipinski definition) is 2. The van der Waals surface area contributed by atoms with Crippen molar-refractivity contribution in [2.75, 3.05) is 19.5 Å². The quantitative estimate of drug-likeness (QED) is 0.357. The van der Waals surface area contributed by atoms with E-state index in [0.29, 0.717) is 0 Å². The van der Waals surface area contributed by atoms with Crippen molar-refractivity contribution in [2.45, 2.75) is 0 Å². The van der Waals surface area contributed by atoms with Crippen LogP contribution in [0.2, 0.25) is 0 Å². The van der Waals surface area contributed by atoms with Crippen molar-refractivity contribution in [1.29, 1.82) is 0 Å². The highest BCUT2D eigenvalue weighted by atomic mass is 28.2. The Labute approximate surface area is 40.5 Å². The van der Waals surface area contributed by atoms with Crippen molar-refractivity contribution in [3.63, 3.8) is 0 Å². The summed E-state index contributed by atoms with van der Waals surface area (Å²) in [6.45, 7) is 0. The predicted octanol–water partition coefficient (Wildman–Crippen LogP) is -1.32. The van der Waals surface area contributed by atoms with Gasteiger partial charge in [0, 0.05) is 13.3 Å². The van der Waals surface area contributed by atoms with Gasteiger partial charge < -0.3 is 10.5 Å². The molecule has 3 heteroatoms. The van der Waals surface area contributed by atoms with Crippen LogP contribution in [-0.4, -0.2) is 29.0 Å². The van der Waals surface area contributed by atoms with E-state index in [1.54, 1.807) is 7.11 Å². The van der Waals surface area contributed by atoms with Crippen LogP contribution in [0.4, 0.5) is 0 Å². The zero-order valence-electron chi connectivity index (χ0n) is 4.11. The zero-order valence-corrected chi connectivity index (χ0v) is 5.52. The lowest BCUT2D eigenvalue weighted by Crippen LogP contribution is -2.13. The fraction of sp³-hybridized carbons (Fsp3) is 1.00. The summed E-state index contributed by atoms with van der Waals surface area (Å²) in [5.74, 6) is 0. The number of hydrogen-bond donors (Lipinski definition) is 1. The molecule has 0 saturated heterocycles. The molecule has 0 aliphatic carbocycles. The molecule has 0 fully saturated rings. The lowest BCUT2D eigenvalue weighted by molar-refractivity contribution is 0.251. The van der Waals surface area contributed by atoms with Crippen LogP contribution in [0.15, 0.2) is 0 Å². The molecule has 0 aliphatic rings. The fourth-order valence-corrected chi connectivity index (χ4v) is 0.683. The number of ether oxygens (including phenoxy) is 1. The van der Waals surface area contributed by atoms with Gasteiger partial charge in [-0.1, -0.05) is 0 Å². The van der Waals surface area contributed by atoms with Crippen LogP contribution in [0, 0.1) is 0 Å². The Bertz CT molecular complexity index is 22.8. The average Bonchev–Trinajstić information content (AvgIpc) is 1.61. The highest BCUT2D eigenvalue weighted by Crippen LogP contribution is 1.56. The molecule has 0 atom stereocenters. The number of methoxy groups -OCH3 is 1. The summed E-state index contributed by atoms with van der Waals surface area (Å²) in [5, 5.41) is 0. The number of rotatable bonds is 3. The minimum atomic E-state index is -0.0228. The van der Waals surface area contributed by atoms with Crippen molar-refractivity contribution >= 4 is 9.52 Å². The van der Waals surface area contributed by atoms with E-state index in [2.05, 4.69) is 0 Å². The first kappa shape index (κ1) is 6.14. The molecule has 6 heavy (non-hydrogen) atoms. The highest BCUT2D eigenvalue weighted by molar-refractivity contribution is 6.35. The van der Waals surface area contributed by atoms with Gasteiger partial charge in [-0.05, 0) is 6.17 Å². The van der Waals surface area contributed by atoms with Gasteiger partial charge in [0.25, 0.3) is 0 Å². The Balaban J connectivity index is 2.34. The van der Waals surface area contributed by atoms with Gasteiger partial charge in [-0.25, -0.2) is 0 Å². The van der Waals surface area contributed by atoms with Gasteiger partial charge in [0.05, 0.1) is 9.52 Å². The molecule has 0 heterocycles. The maximum atomic E-state index is 5.20. The van der Waals surface area contributed by atoms with Crippen LogP contribution in [0.25, 0.3) is 0 Å². The second-order valence-corrected chi connectivity index (χ2v) is 2.83. The Morgan fingerprint density at radius 3 is 2.67 bits per heavy atom. The third kappa shape index (κ3) is 4.14. The second-order valence-electron chi connectivity index (χ2n) is 1.14. The van der Waals surface area contributed by atoms with Gasteiger partial charge in [-0.2, -0.15) is 0 Å². The summed E-state index contributed by atoms with van der Waals surface area (Å²) in [6, 6.07) is 0. The molecule has 0 aromatic heterocycles. The molecular formula is C3H11NOSi. The van der Waals surface area contributed by atoms with E-state index in [9.17, 15) is 0 Å². The first-order valence-electron chi connectivity index (χ1n) is 2.11. The molecule has 38 valence electrons. The lowest BCUT2D eigenvalue weighted by atomic mass is 11.5. The average molecular weight is 105 g/mol. The maximum absolute atomic E-state index is 5.20. The number of nitrogens with two attached hydrogens (primary N) is 1. The van der Waals surface area contributed by atoms with E-state index < -0.39 is 0 Å². The molecule has 0 amide bonds. The molecule has 0 bridgehead atoms. The molecule has 0 aliphatic heterocycles. The van der Waals surface area contributed by atoms with E-state index in [4.69, 9.17) is 10.5 Å². The van der Waals surface area contributed by atoms with E-state index in [0.717, 1.165) is 12.4 Å². The van der Waals surface area contributed by atoms with Crippen molar-refractivity contribution in [2.24, 2.45) is 5.73 Å². The second kappa shape index (κ2) is 5.14. The third-order valence-electron chi connectivity index (χ3n) is 0.553. The molecule has 0 rings (SSSR count). The van der Waals surface area contributed by atoms with E-state index in [-0.39, 0.29) is 9.52 Å². The van der Waals surface area contributed by atoms with Crippen LogP contribution >= 0.6 is 0 Å². The van der Waals surface area contributed by atoms with E-state index in [1.807, 2.05) is 0 Å². The molecule has 0 spiro atoms. The predicted molar refractivity (Wildman–Crippen MR) is 29.5 cm³/mol. The standard InChI is InChI=1S/C3H11NOSi/c1-5-3-6-2-4/h2-4,6H2,1H3. The van der Waals surface area contributed by atoms with Gasteiger partial charge in [0.15, 0.2) is 0 Å². The zero-order chi connectivity index (χ0) is 4.83. The molecular weight excluding hydrogens is 94.1 g/mol. The SMILES string of the molecule is COC[SiH2]CN. The van der Waals surface area contributed by atoms with E-state index >= 15 is 0 Å². The minimum absolute atomic E-state index is 0.0228. The molecule has 0 saturated carbocycles. The first-order chi connectivity index (χ1) is 2.91. The van der Waals surface area contributed by atoms with Crippen molar-refractivity contribution in [3.05, 3.63) is 0 Å². The van der Waals surface area contributed by atoms with Crippen LogP contribution in [0.3, 0.4) is 0 Å². The van der Waals surface area contributed by atoms with E-state index in [1.165, 1.54) is 0 Å². The topological polar surface area (TPSA) is 35.2 Å². The Kier molecular flexibility index (Phi) is 5.25. The monoisotopic (exact) mass is 105 g/mol. The van der Waals surface area contributed by atoms with Gasteiger partial charge in [-0.15, -0.1) is 0 Å². The maximum Gasteiger partial charge on any atom is 0.0670 e. The molecule has 2 N–H and O–H groups in total. The van der Waals surface area contributed by atoms with Crippen LogP contribution in [0.1, 0.15) is 0 Å². The van der Waals surface area contributed by atoms with Crippen molar-refractivity contribution in [1.82, 2.24) is 0 Å². The molecule has 0 aromatic rings. The van der Waals surface area contributed by atoms with Gasteiger partial charge in [0.2, 0.25) is 0 Å². The summed E-state index contributed by atoms with van der Waals surface area (Å²) < 4.78 is 4.76. The fourth-order valence-electron chi connectivity index (χ4n) is 0.228. The summed E-state index contributed by atoms with van der Waals surface area (Å²) >= 11 is 0. The molecule has 2 nitrogen and oxygen atoms in total. The van der Waals surface area contributed by atoms with Crippen LogP contribution < -0.4 is 5.73 Å². The van der Waals surface area contributed by atoms with Gasteiger partial charge in [0.1, 0.15) is 0 Å². The van der Waals surface area contributed by atoms with Crippen LogP contribution in [0.5, 0.6) is 0 Å².